The van der Waals surface area contributed by atoms with Crippen LogP contribution in [0.4, 0.5) is 0 Å². The number of fused-ring (bicyclic) bond motifs is 1. The summed E-state index contributed by atoms with van der Waals surface area (Å²) in [5.74, 6) is 0. The van der Waals surface area contributed by atoms with E-state index in [0.29, 0.717) is 0 Å². The number of aryl methyl sites for hydroxylation is 2. The number of rotatable bonds is 21. The highest BCUT2D eigenvalue weighted by atomic mass is 14.1. The highest BCUT2D eigenvalue weighted by Crippen LogP contribution is 2.26. The molecule has 0 N–H and O–H groups in total. The van der Waals surface area contributed by atoms with Crippen LogP contribution >= 0.6 is 0 Å². The van der Waals surface area contributed by atoms with E-state index in [4.69, 9.17) is 0 Å². The molecule has 0 atom stereocenters. The van der Waals surface area contributed by atoms with Crippen molar-refractivity contribution in [3.05, 3.63) is 71.8 Å². The van der Waals surface area contributed by atoms with Crippen LogP contribution in [0.2, 0.25) is 0 Å². The molecule has 3 rings (SSSR count). The lowest BCUT2D eigenvalue weighted by Crippen LogP contribution is -1.88. The van der Waals surface area contributed by atoms with Gasteiger partial charge in [-0.1, -0.05) is 171 Å². The Morgan fingerprint density at radius 2 is 0.737 bits per heavy atom. The molecule has 0 fully saturated rings. The summed E-state index contributed by atoms with van der Waals surface area (Å²) in [7, 11) is 0. The van der Waals surface area contributed by atoms with Crippen LogP contribution in [0.5, 0.6) is 0 Å². The second-order valence-electron chi connectivity index (χ2n) is 11.8. The first-order valence-corrected chi connectivity index (χ1v) is 16.4. The van der Waals surface area contributed by atoms with E-state index in [1.807, 2.05) is 0 Å². The zero-order valence-electron chi connectivity index (χ0n) is 24.9. The number of hydrogen-bond donors (Lipinski definition) is 0. The Morgan fingerprint density at radius 1 is 0.342 bits per heavy atom. The summed E-state index contributed by atoms with van der Waals surface area (Å²) in [5, 5.41) is 2.74. The van der Waals surface area contributed by atoms with Crippen LogP contribution in [0.25, 0.3) is 21.9 Å². The minimum absolute atomic E-state index is 1.22. The van der Waals surface area contributed by atoms with E-state index in [-0.39, 0.29) is 0 Å². The molecule has 0 nitrogen and oxygen atoms in total. The summed E-state index contributed by atoms with van der Waals surface area (Å²) in [6.07, 6.45) is 27.6. The van der Waals surface area contributed by atoms with Crippen molar-refractivity contribution in [1.29, 1.82) is 0 Å². The van der Waals surface area contributed by atoms with Gasteiger partial charge in [-0.15, -0.1) is 0 Å². The van der Waals surface area contributed by atoms with Gasteiger partial charge in [0.05, 0.1) is 0 Å². The van der Waals surface area contributed by atoms with E-state index in [9.17, 15) is 0 Å². The summed E-state index contributed by atoms with van der Waals surface area (Å²) >= 11 is 0. The molecule has 208 valence electrons. The molecule has 0 spiro atoms. The number of hydrogen-bond acceptors (Lipinski definition) is 0. The van der Waals surface area contributed by atoms with E-state index in [2.05, 4.69) is 74.5 Å². The average Bonchev–Trinajstić information content (AvgIpc) is 2.95. The summed E-state index contributed by atoms with van der Waals surface area (Å²) < 4.78 is 0. The van der Waals surface area contributed by atoms with Crippen LogP contribution in [0, 0.1) is 0 Å². The van der Waals surface area contributed by atoms with Crippen molar-refractivity contribution in [1.82, 2.24) is 0 Å². The van der Waals surface area contributed by atoms with Crippen LogP contribution in [0.1, 0.15) is 141 Å². The third-order valence-corrected chi connectivity index (χ3v) is 8.33. The molecule has 0 aliphatic rings. The molecule has 0 unspecified atom stereocenters. The monoisotopic (exact) mass is 512 g/mol. The van der Waals surface area contributed by atoms with E-state index in [1.165, 1.54) is 161 Å². The highest BCUT2D eigenvalue weighted by molar-refractivity contribution is 5.87. The lowest BCUT2D eigenvalue weighted by atomic mass is 9.97. The molecule has 0 heterocycles. The quantitative estimate of drug-likeness (QED) is 0.124. The van der Waals surface area contributed by atoms with Gasteiger partial charge in [-0.25, -0.2) is 0 Å². The Labute approximate surface area is 235 Å². The van der Waals surface area contributed by atoms with Crippen LogP contribution in [-0.4, -0.2) is 0 Å². The summed E-state index contributed by atoms with van der Waals surface area (Å²) in [6, 6.07) is 23.4. The molecule has 0 amide bonds. The van der Waals surface area contributed by atoms with Crippen LogP contribution in [-0.2, 0) is 12.8 Å². The van der Waals surface area contributed by atoms with Crippen molar-refractivity contribution in [2.45, 2.75) is 142 Å². The van der Waals surface area contributed by atoms with E-state index < -0.39 is 0 Å². The second-order valence-corrected chi connectivity index (χ2v) is 11.8. The van der Waals surface area contributed by atoms with Gasteiger partial charge >= 0.3 is 0 Å². The third-order valence-electron chi connectivity index (χ3n) is 8.33. The van der Waals surface area contributed by atoms with Crippen molar-refractivity contribution in [3.8, 4) is 11.1 Å². The van der Waals surface area contributed by atoms with Crippen molar-refractivity contribution < 1.29 is 0 Å². The maximum atomic E-state index is 2.42. The maximum absolute atomic E-state index is 2.42. The van der Waals surface area contributed by atoms with Crippen molar-refractivity contribution in [2.24, 2.45) is 0 Å². The maximum Gasteiger partial charge on any atom is -0.0178 e. The second kappa shape index (κ2) is 19.1. The third kappa shape index (κ3) is 11.8. The predicted molar refractivity (Wildman–Crippen MR) is 171 cm³/mol. The Bertz CT molecular complexity index is 996. The number of benzene rings is 3. The molecule has 3 aromatic rings. The molecule has 0 bridgehead atoms. The molecule has 0 radical (unpaired) electrons. The average molecular weight is 513 g/mol. The highest BCUT2D eigenvalue weighted by Gasteiger charge is 2.03. The van der Waals surface area contributed by atoms with Crippen molar-refractivity contribution >= 4 is 10.8 Å². The van der Waals surface area contributed by atoms with Gasteiger partial charge in [0.25, 0.3) is 0 Å². The van der Waals surface area contributed by atoms with Crippen LogP contribution < -0.4 is 0 Å². The minimum atomic E-state index is 1.22. The van der Waals surface area contributed by atoms with Gasteiger partial charge in [-0.3, -0.25) is 0 Å². The lowest BCUT2D eigenvalue weighted by molar-refractivity contribution is 0.556. The van der Waals surface area contributed by atoms with Gasteiger partial charge in [-0.2, -0.15) is 0 Å². The standard InChI is InChI=1S/C38H56/c1-3-5-7-9-11-13-14-16-18-20-22-34-25-28-38-32-37(30-29-36(38)31-34)35-26-23-33(24-27-35)21-19-17-15-12-10-8-6-4-2/h23-32H,3-22H2,1-2H3. The molecule has 0 saturated carbocycles. The topological polar surface area (TPSA) is 0 Å². The van der Waals surface area contributed by atoms with Gasteiger partial charge in [-0.05, 0) is 64.8 Å². The first-order valence-electron chi connectivity index (χ1n) is 16.4. The van der Waals surface area contributed by atoms with Crippen LogP contribution in [0.3, 0.4) is 0 Å². The molecule has 0 heteroatoms. The van der Waals surface area contributed by atoms with Gasteiger partial charge < -0.3 is 0 Å². The molecule has 0 aliphatic heterocycles. The molecule has 0 aromatic heterocycles. The van der Waals surface area contributed by atoms with Gasteiger partial charge in [0.2, 0.25) is 0 Å². The van der Waals surface area contributed by atoms with Gasteiger partial charge in [0, 0.05) is 0 Å². The smallest absolute Gasteiger partial charge is 0.0178 e. The van der Waals surface area contributed by atoms with Gasteiger partial charge in [0.1, 0.15) is 0 Å². The van der Waals surface area contributed by atoms with Crippen LogP contribution in [0.15, 0.2) is 60.7 Å². The first kappa shape index (κ1) is 30.5. The summed E-state index contributed by atoms with van der Waals surface area (Å²) in [5.41, 5.74) is 5.65. The Balaban J connectivity index is 1.37. The Kier molecular flexibility index (Phi) is 15.3. The summed E-state index contributed by atoms with van der Waals surface area (Å²) in [6.45, 7) is 4.59. The zero-order chi connectivity index (χ0) is 26.7. The SMILES string of the molecule is CCCCCCCCCCCCc1ccc2cc(-c3ccc(CCCCCCCCCC)cc3)ccc2c1. The minimum Gasteiger partial charge on any atom is -0.0654 e. The Morgan fingerprint density at radius 3 is 1.29 bits per heavy atom. The summed E-state index contributed by atoms with van der Waals surface area (Å²) in [4.78, 5) is 0. The Hall–Kier alpha value is -2.08. The van der Waals surface area contributed by atoms with Gasteiger partial charge in [0.15, 0.2) is 0 Å². The van der Waals surface area contributed by atoms with Crippen molar-refractivity contribution in [2.75, 3.05) is 0 Å². The molecular formula is C38H56. The lowest BCUT2D eigenvalue weighted by Gasteiger charge is -2.08. The fraction of sp³-hybridized carbons (Fsp3) is 0.579. The van der Waals surface area contributed by atoms with E-state index in [0.717, 1.165) is 0 Å². The van der Waals surface area contributed by atoms with E-state index >= 15 is 0 Å². The normalized spacial score (nSPS) is 11.4. The molecular weight excluding hydrogens is 456 g/mol. The number of unbranched alkanes of at least 4 members (excludes halogenated alkanes) is 16. The molecule has 0 aliphatic carbocycles. The van der Waals surface area contributed by atoms with Crippen molar-refractivity contribution in [3.63, 3.8) is 0 Å². The zero-order valence-corrected chi connectivity index (χ0v) is 24.9. The predicted octanol–water partition coefficient (Wildman–Crippen LogP) is 12.7. The fourth-order valence-electron chi connectivity index (χ4n) is 5.77. The molecule has 0 saturated heterocycles. The molecule has 38 heavy (non-hydrogen) atoms. The van der Waals surface area contributed by atoms with E-state index in [1.54, 1.807) is 0 Å². The first-order chi connectivity index (χ1) is 18.8. The molecule has 3 aromatic carbocycles. The largest absolute Gasteiger partial charge is 0.0654 e. The fourth-order valence-corrected chi connectivity index (χ4v) is 5.77.